The number of rotatable bonds is 6. The lowest BCUT2D eigenvalue weighted by atomic mass is 10.0. The fraction of sp³-hybridized carbons (Fsp3) is 0.450. The Labute approximate surface area is 158 Å². The van der Waals surface area contributed by atoms with E-state index < -0.39 is 23.8 Å². The molecule has 0 bridgehead atoms. The van der Waals surface area contributed by atoms with E-state index in [2.05, 4.69) is 10.3 Å². The van der Waals surface area contributed by atoms with Crippen LogP contribution in [0, 0.1) is 6.92 Å². The molecule has 1 aromatic carbocycles. The first-order valence-electron chi connectivity index (χ1n) is 8.86. The number of hydrogen-bond acceptors (Lipinski definition) is 5. The van der Waals surface area contributed by atoms with E-state index in [1.807, 2.05) is 31.2 Å². The first-order valence-corrected chi connectivity index (χ1v) is 8.86. The molecule has 2 N–H and O–H groups in total. The highest BCUT2D eigenvalue weighted by atomic mass is 16.6. The highest BCUT2D eigenvalue weighted by molar-refractivity contribution is 6.11. The van der Waals surface area contributed by atoms with Crippen molar-refractivity contribution in [3.05, 3.63) is 35.5 Å². The molecule has 0 unspecified atom stereocenters. The van der Waals surface area contributed by atoms with Crippen LogP contribution in [0.2, 0.25) is 0 Å². The van der Waals surface area contributed by atoms with Gasteiger partial charge in [0.15, 0.2) is 6.10 Å². The smallest absolute Gasteiger partial charge is 0.407 e. The van der Waals surface area contributed by atoms with Gasteiger partial charge in [0.05, 0.1) is 6.42 Å². The normalized spacial score (nSPS) is 12.5. The third-order valence-electron chi connectivity index (χ3n) is 3.81. The standard InChI is InChI=1S/C20H26N2O5/c1-12-17(14-8-6-7-9-15(14)22-12)18(24)13(2)26-16(23)10-11-21-19(25)27-20(3,4)5/h6-9,13,22H,10-11H2,1-5H3,(H,21,25)/t13-/m0/s1. The molecular formula is C20H26N2O5. The van der Waals surface area contributed by atoms with Crippen LogP contribution in [0.15, 0.2) is 24.3 Å². The Hall–Kier alpha value is -2.83. The molecule has 0 saturated heterocycles. The Kier molecular flexibility index (Phi) is 6.25. The van der Waals surface area contributed by atoms with Gasteiger partial charge in [0.2, 0.25) is 5.78 Å². The molecular weight excluding hydrogens is 348 g/mol. The number of hydrogen-bond donors (Lipinski definition) is 2. The number of nitrogens with one attached hydrogen (secondary N) is 2. The van der Waals surface area contributed by atoms with Crippen LogP contribution in [0.25, 0.3) is 10.9 Å². The van der Waals surface area contributed by atoms with E-state index in [0.29, 0.717) is 5.56 Å². The van der Waals surface area contributed by atoms with Crippen LogP contribution >= 0.6 is 0 Å². The molecule has 0 spiro atoms. The predicted molar refractivity (Wildman–Crippen MR) is 102 cm³/mol. The van der Waals surface area contributed by atoms with Gasteiger partial charge in [-0.15, -0.1) is 0 Å². The van der Waals surface area contributed by atoms with Crippen molar-refractivity contribution in [3.8, 4) is 0 Å². The molecule has 0 radical (unpaired) electrons. The number of aryl methyl sites for hydroxylation is 1. The highest BCUT2D eigenvalue weighted by Crippen LogP contribution is 2.23. The van der Waals surface area contributed by atoms with Gasteiger partial charge in [-0.3, -0.25) is 9.59 Å². The molecule has 0 aliphatic rings. The van der Waals surface area contributed by atoms with Gasteiger partial charge in [0.1, 0.15) is 5.60 Å². The predicted octanol–water partition coefficient (Wildman–Crippen LogP) is 3.51. The molecule has 7 heteroatoms. The molecule has 2 aromatic rings. The van der Waals surface area contributed by atoms with Crippen molar-refractivity contribution >= 4 is 28.7 Å². The van der Waals surface area contributed by atoms with Gasteiger partial charge in [-0.25, -0.2) is 4.79 Å². The lowest BCUT2D eigenvalue weighted by Crippen LogP contribution is -2.34. The minimum atomic E-state index is -0.920. The molecule has 0 aliphatic carbocycles. The number of carbonyl (C=O) groups excluding carboxylic acids is 3. The average molecular weight is 374 g/mol. The Morgan fingerprint density at radius 1 is 1.19 bits per heavy atom. The molecule has 0 aliphatic heterocycles. The summed E-state index contributed by atoms with van der Waals surface area (Å²) in [6, 6.07) is 7.47. The number of amides is 1. The van der Waals surface area contributed by atoms with E-state index in [1.54, 1.807) is 27.7 Å². The quantitative estimate of drug-likeness (QED) is 0.596. The number of aromatic amines is 1. The summed E-state index contributed by atoms with van der Waals surface area (Å²) in [6.45, 7) is 8.68. The van der Waals surface area contributed by atoms with Crippen LogP contribution in [0.1, 0.15) is 50.2 Å². The van der Waals surface area contributed by atoms with E-state index in [4.69, 9.17) is 9.47 Å². The molecule has 1 amide bonds. The van der Waals surface area contributed by atoms with Gasteiger partial charge in [0.25, 0.3) is 0 Å². The zero-order valence-corrected chi connectivity index (χ0v) is 16.3. The molecule has 27 heavy (non-hydrogen) atoms. The summed E-state index contributed by atoms with van der Waals surface area (Å²) in [5, 5.41) is 3.28. The van der Waals surface area contributed by atoms with Crippen molar-refractivity contribution in [1.82, 2.24) is 10.3 Å². The molecule has 0 saturated carbocycles. The molecule has 0 fully saturated rings. The number of esters is 1. The number of H-pyrrole nitrogens is 1. The minimum Gasteiger partial charge on any atom is -0.454 e. The maximum atomic E-state index is 12.7. The van der Waals surface area contributed by atoms with Crippen molar-refractivity contribution < 1.29 is 23.9 Å². The van der Waals surface area contributed by atoms with Crippen molar-refractivity contribution in [1.29, 1.82) is 0 Å². The van der Waals surface area contributed by atoms with Gasteiger partial charge in [0, 0.05) is 28.7 Å². The lowest BCUT2D eigenvalue weighted by molar-refractivity contribution is -0.146. The SMILES string of the molecule is Cc1[nH]c2ccccc2c1C(=O)[C@H](C)OC(=O)CCNC(=O)OC(C)(C)C. The first kappa shape index (κ1) is 20.5. The van der Waals surface area contributed by atoms with E-state index >= 15 is 0 Å². The van der Waals surface area contributed by atoms with Crippen LogP contribution < -0.4 is 5.32 Å². The van der Waals surface area contributed by atoms with E-state index in [0.717, 1.165) is 16.6 Å². The number of Topliss-reactive ketones (excluding diaryl/α,β-unsaturated/α-hetero) is 1. The third kappa shape index (κ3) is 5.57. The maximum absolute atomic E-state index is 12.7. The average Bonchev–Trinajstić information content (AvgIpc) is 2.88. The second-order valence-corrected chi connectivity index (χ2v) is 7.35. The minimum absolute atomic E-state index is 0.0519. The summed E-state index contributed by atoms with van der Waals surface area (Å²) < 4.78 is 10.3. The number of carbonyl (C=O) groups is 3. The van der Waals surface area contributed by atoms with Crippen molar-refractivity contribution in [2.24, 2.45) is 0 Å². The van der Waals surface area contributed by atoms with Crippen molar-refractivity contribution in [2.75, 3.05) is 6.54 Å². The summed E-state index contributed by atoms with van der Waals surface area (Å²) in [6.07, 6.45) is -1.57. The summed E-state index contributed by atoms with van der Waals surface area (Å²) in [4.78, 5) is 39.4. The topological polar surface area (TPSA) is 97.5 Å². The summed E-state index contributed by atoms with van der Waals surface area (Å²) in [5.74, 6) is -0.831. The zero-order chi connectivity index (χ0) is 20.2. The monoisotopic (exact) mass is 374 g/mol. The van der Waals surface area contributed by atoms with Crippen molar-refractivity contribution in [2.45, 2.75) is 52.7 Å². The van der Waals surface area contributed by atoms with Crippen LogP contribution in [-0.4, -0.2) is 41.1 Å². The lowest BCUT2D eigenvalue weighted by Gasteiger charge is -2.19. The molecule has 1 heterocycles. The Morgan fingerprint density at radius 2 is 1.85 bits per heavy atom. The number of alkyl carbamates (subject to hydrolysis) is 1. The Bertz CT molecular complexity index is 848. The van der Waals surface area contributed by atoms with Crippen molar-refractivity contribution in [3.63, 3.8) is 0 Å². The van der Waals surface area contributed by atoms with E-state index in [9.17, 15) is 14.4 Å². The summed E-state index contributed by atoms with van der Waals surface area (Å²) in [7, 11) is 0. The van der Waals surface area contributed by atoms with Gasteiger partial charge < -0.3 is 19.8 Å². The summed E-state index contributed by atoms with van der Waals surface area (Å²) >= 11 is 0. The number of ether oxygens (including phenoxy) is 2. The van der Waals surface area contributed by atoms with Crippen LogP contribution in [0.3, 0.4) is 0 Å². The van der Waals surface area contributed by atoms with Crippen LogP contribution in [0.4, 0.5) is 4.79 Å². The number of para-hydroxylation sites is 1. The van der Waals surface area contributed by atoms with Crippen LogP contribution in [0.5, 0.6) is 0 Å². The third-order valence-corrected chi connectivity index (χ3v) is 3.81. The number of aromatic nitrogens is 1. The Morgan fingerprint density at radius 3 is 2.52 bits per heavy atom. The van der Waals surface area contributed by atoms with Gasteiger partial charge in [-0.05, 0) is 40.7 Å². The zero-order valence-electron chi connectivity index (χ0n) is 16.3. The van der Waals surface area contributed by atoms with E-state index in [-0.39, 0.29) is 18.7 Å². The number of benzene rings is 1. The molecule has 146 valence electrons. The van der Waals surface area contributed by atoms with Gasteiger partial charge in [-0.2, -0.15) is 0 Å². The van der Waals surface area contributed by atoms with Crippen LogP contribution in [-0.2, 0) is 14.3 Å². The highest BCUT2D eigenvalue weighted by Gasteiger charge is 2.24. The molecule has 1 atom stereocenters. The summed E-state index contributed by atoms with van der Waals surface area (Å²) in [5.41, 5.74) is 1.51. The Balaban J connectivity index is 1.89. The second-order valence-electron chi connectivity index (χ2n) is 7.35. The molecule has 1 aromatic heterocycles. The second kappa shape index (κ2) is 8.24. The van der Waals surface area contributed by atoms with Gasteiger partial charge >= 0.3 is 12.1 Å². The van der Waals surface area contributed by atoms with E-state index in [1.165, 1.54) is 0 Å². The number of ketones is 1. The maximum Gasteiger partial charge on any atom is 0.407 e. The largest absolute Gasteiger partial charge is 0.454 e. The van der Waals surface area contributed by atoms with Gasteiger partial charge in [-0.1, -0.05) is 18.2 Å². The first-order chi connectivity index (χ1) is 12.6. The molecule has 2 rings (SSSR count). The fourth-order valence-electron chi connectivity index (χ4n) is 2.69. The number of fused-ring (bicyclic) bond motifs is 1. The molecule has 7 nitrogen and oxygen atoms in total. The fourth-order valence-corrected chi connectivity index (χ4v) is 2.69.